The van der Waals surface area contributed by atoms with Crippen LogP contribution in [0.5, 0.6) is 5.75 Å². The molecule has 0 bridgehead atoms. The number of amides is 3. The van der Waals surface area contributed by atoms with Crippen LogP contribution in [0.4, 0.5) is 17.1 Å². The van der Waals surface area contributed by atoms with Crippen LogP contribution < -0.4 is 24.7 Å². The van der Waals surface area contributed by atoms with E-state index in [0.717, 1.165) is 35.7 Å². The Morgan fingerprint density at radius 2 is 1.63 bits per heavy atom. The molecular weight excluding hydrogens is 667 g/mol. The third kappa shape index (κ3) is 5.81. The van der Waals surface area contributed by atoms with Gasteiger partial charge in [-0.2, -0.15) is 0 Å². The molecule has 1 N–H and O–H groups in total. The lowest BCUT2D eigenvalue weighted by atomic mass is 9.83. The van der Waals surface area contributed by atoms with Gasteiger partial charge in [-0.1, -0.05) is 58.4 Å². The molecule has 3 heterocycles. The summed E-state index contributed by atoms with van der Waals surface area (Å²) < 4.78 is 6.65. The summed E-state index contributed by atoms with van der Waals surface area (Å²) >= 11 is 14.3. The molecule has 13 heteroatoms. The highest BCUT2D eigenvalue weighted by Crippen LogP contribution is 2.54. The molecule has 3 aromatic carbocycles. The molecule has 238 valence electrons. The van der Waals surface area contributed by atoms with Gasteiger partial charge in [0.2, 0.25) is 17.7 Å². The van der Waals surface area contributed by atoms with Crippen LogP contribution in [-0.2, 0) is 20.9 Å². The molecule has 1 saturated heterocycles. The van der Waals surface area contributed by atoms with E-state index in [1.807, 2.05) is 24.3 Å². The molecule has 2 unspecified atom stereocenters. The summed E-state index contributed by atoms with van der Waals surface area (Å²) in [6.45, 7) is 5.56. The maximum Gasteiger partial charge on any atom is 0.308 e. The van der Waals surface area contributed by atoms with E-state index in [1.165, 1.54) is 27.3 Å². The minimum Gasteiger partial charge on any atom is -0.497 e. The van der Waals surface area contributed by atoms with E-state index in [0.29, 0.717) is 32.1 Å². The number of methoxy groups -OCH3 is 1. The van der Waals surface area contributed by atoms with Crippen molar-refractivity contribution in [3.05, 3.63) is 96.9 Å². The first-order valence-electron chi connectivity index (χ1n) is 14.7. The zero-order chi connectivity index (χ0) is 32.7. The van der Waals surface area contributed by atoms with Crippen LogP contribution in [0.25, 0.3) is 0 Å². The number of hydrogen-bond donors (Lipinski definition) is 1. The number of carbonyl (C=O) groups is 3. The number of ether oxygens (including phenoxy) is 1. The van der Waals surface area contributed by atoms with Gasteiger partial charge in [-0.15, -0.1) is 0 Å². The maximum absolute atomic E-state index is 14.2. The smallest absolute Gasteiger partial charge is 0.308 e. The van der Waals surface area contributed by atoms with Gasteiger partial charge in [0.25, 0.3) is 0 Å². The highest BCUT2D eigenvalue weighted by atomic mass is 35.5. The first-order chi connectivity index (χ1) is 22.1. The Morgan fingerprint density at radius 1 is 0.935 bits per heavy atom. The molecule has 3 atom stereocenters. The van der Waals surface area contributed by atoms with Gasteiger partial charge in [-0.05, 0) is 74.0 Å². The zero-order valence-electron chi connectivity index (χ0n) is 25.2. The minimum atomic E-state index is -0.798. The molecule has 3 amide bonds. The fourth-order valence-electron chi connectivity index (χ4n) is 6.00. The number of rotatable bonds is 9. The van der Waals surface area contributed by atoms with Gasteiger partial charge in [-0.3, -0.25) is 23.7 Å². The van der Waals surface area contributed by atoms with Gasteiger partial charge < -0.3 is 15.0 Å². The Kier molecular flexibility index (Phi) is 9.20. The lowest BCUT2D eigenvalue weighted by Crippen LogP contribution is -2.33. The Hall–Kier alpha value is -3.77. The van der Waals surface area contributed by atoms with Crippen molar-refractivity contribution in [1.29, 1.82) is 0 Å². The second-order valence-corrected chi connectivity index (χ2v) is 13.8. The van der Waals surface area contributed by atoms with Crippen molar-refractivity contribution in [2.45, 2.75) is 36.6 Å². The van der Waals surface area contributed by atoms with Crippen molar-refractivity contribution >= 4 is 81.1 Å². The Bertz CT molecular complexity index is 1870. The Balaban J connectivity index is 1.40. The van der Waals surface area contributed by atoms with Gasteiger partial charge >= 0.3 is 4.87 Å². The van der Waals surface area contributed by atoms with Crippen LogP contribution in [0.3, 0.4) is 0 Å². The Morgan fingerprint density at radius 3 is 2.26 bits per heavy atom. The zero-order valence-corrected chi connectivity index (χ0v) is 28.3. The fraction of sp³-hybridized carbons (Fsp3) is 0.273. The number of thioether (sulfide) groups is 1. The fourth-order valence-corrected chi connectivity index (χ4v) is 9.07. The number of fused-ring (bicyclic) bond motifs is 2. The van der Waals surface area contributed by atoms with Crippen LogP contribution >= 0.6 is 46.3 Å². The topological polar surface area (TPSA) is 101 Å². The third-order valence-corrected chi connectivity index (χ3v) is 11.6. The number of nitrogens with one attached hydrogen (secondary N) is 1. The predicted molar refractivity (Wildman–Crippen MR) is 184 cm³/mol. The summed E-state index contributed by atoms with van der Waals surface area (Å²) in [5.74, 6) is -1.86. The van der Waals surface area contributed by atoms with Crippen molar-refractivity contribution < 1.29 is 19.1 Å². The lowest BCUT2D eigenvalue weighted by Gasteiger charge is -2.31. The number of imide groups is 1. The molecule has 0 aliphatic carbocycles. The summed E-state index contributed by atoms with van der Waals surface area (Å²) in [5.41, 5.74) is 2.73. The number of thiazole rings is 1. The van der Waals surface area contributed by atoms with E-state index < -0.39 is 23.0 Å². The number of halogens is 2. The Labute approximate surface area is 284 Å². The summed E-state index contributed by atoms with van der Waals surface area (Å²) in [6.07, 6.45) is 0. The highest BCUT2D eigenvalue weighted by molar-refractivity contribution is 8.00. The highest BCUT2D eigenvalue weighted by Gasteiger charge is 2.56. The van der Waals surface area contributed by atoms with Gasteiger partial charge in [0, 0.05) is 35.3 Å². The van der Waals surface area contributed by atoms with Crippen molar-refractivity contribution in [3.63, 3.8) is 0 Å². The summed E-state index contributed by atoms with van der Waals surface area (Å²) in [5, 5.41) is 3.11. The number of carbonyl (C=O) groups excluding carboxylic acids is 3. The van der Waals surface area contributed by atoms with Crippen molar-refractivity contribution in [2.24, 2.45) is 5.92 Å². The van der Waals surface area contributed by atoms with Crippen LogP contribution in [0.15, 0.2) is 76.6 Å². The summed E-state index contributed by atoms with van der Waals surface area (Å²) in [7, 11) is 1.55. The molecule has 9 nitrogen and oxygen atoms in total. The quantitative estimate of drug-likeness (QED) is 0.199. The van der Waals surface area contributed by atoms with E-state index >= 15 is 0 Å². The molecule has 0 spiro atoms. The molecule has 0 radical (unpaired) electrons. The number of benzene rings is 3. The monoisotopic (exact) mass is 696 g/mol. The van der Waals surface area contributed by atoms with E-state index in [1.54, 1.807) is 43.5 Å². The first-order valence-corrected chi connectivity index (χ1v) is 17.1. The molecule has 2 aliphatic rings. The minimum absolute atomic E-state index is 0.284. The van der Waals surface area contributed by atoms with E-state index in [-0.39, 0.29) is 28.3 Å². The standard InChI is InChI=1S/C33H30Cl2N4O5S2/c1-4-37(5-2)20-9-6-18(7-10-20)26-27-28(31(42)39(30(27)41)21-11-13-22(44-3)14-12-21)45-32-29(26)46-33(43)38(32)17-25(40)36-19-8-15-23(34)24(35)16-19/h6-16,26-28H,4-5,17H2,1-3H3,(H,36,40)/t26-,27?,28?/m1/s1. The van der Waals surface area contributed by atoms with E-state index in [4.69, 9.17) is 27.9 Å². The van der Waals surface area contributed by atoms with Crippen LogP contribution in [-0.4, -0.2) is 47.7 Å². The first kappa shape index (κ1) is 32.2. The molecule has 2 aliphatic heterocycles. The summed E-state index contributed by atoms with van der Waals surface area (Å²) in [6, 6.07) is 19.4. The summed E-state index contributed by atoms with van der Waals surface area (Å²) in [4.78, 5) is 58.6. The van der Waals surface area contributed by atoms with Crippen molar-refractivity contribution in [3.8, 4) is 5.75 Å². The van der Waals surface area contributed by atoms with E-state index in [9.17, 15) is 19.2 Å². The van der Waals surface area contributed by atoms with Crippen LogP contribution in [0, 0.1) is 5.92 Å². The van der Waals surface area contributed by atoms with E-state index in [2.05, 4.69) is 24.1 Å². The molecule has 0 saturated carbocycles. The second-order valence-electron chi connectivity index (χ2n) is 10.8. The maximum atomic E-state index is 14.2. The van der Waals surface area contributed by atoms with Gasteiger partial charge in [0.15, 0.2) is 0 Å². The SMILES string of the molecule is CCN(CC)c1ccc([C@H]2c3sc(=O)n(CC(=O)Nc4ccc(Cl)c(Cl)c4)c3SC3C(=O)N(c4ccc(OC)cc4)C(=O)C32)cc1. The predicted octanol–water partition coefficient (Wildman–Crippen LogP) is 6.51. The molecular formula is C33H30Cl2N4O5S2. The largest absolute Gasteiger partial charge is 0.497 e. The number of nitrogens with zero attached hydrogens (tertiary/aromatic N) is 3. The average molecular weight is 698 g/mol. The van der Waals surface area contributed by atoms with Crippen LogP contribution in [0.2, 0.25) is 10.0 Å². The van der Waals surface area contributed by atoms with Crippen LogP contribution in [0.1, 0.15) is 30.2 Å². The molecule has 6 rings (SSSR count). The second kappa shape index (κ2) is 13.2. The van der Waals surface area contributed by atoms with Gasteiger partial charge in [-0.25, -0.2) is 4.90 Å². The number of hydrogen-bond acceptors (Lipinski definition) is 8. The third-order valence-electron chi connectivity index (χ3n) is 8.27. The van der Waals surface area contributed by atoms with Crippen molar-refractivity contribution in [1.82, 2.24) is 4.57 Å². The molecule has 1 fully saturated rings. The molecule has 1 aromatic heterocycles. The van der Waals surface area contributed by atoms with Crippen molar-refractivity contribution in [2.75, 3.05) is 35.3 Å². The number of anilines is 3. The molecule has 4 aromatic rings. The lowest BCUT2D eigenvalue weighted by molar-refractivity contribution is -0.122. The molecule has 46 heavy (non-hydrogen) atoms. The van der Waals surface area contributed by atoms with Gasteiger partial charge in [0.05, 0.1) is 33.8 Å². The average Bonchev–Trinajstić information content (AvgIpc) is 3.50. The number of aromatic nitrogens is 1. The van der Waals surface area contributed by atoms with Gasteiger partial charge in [0.1, 0.15) is 17.5 Å². The normalized spacial score (nSPS) is 18.7.